The van der Waals surface area contributed by atoms with E-state index in [9.17, 15) is 14.7 Å². The standard InChI is InChI=1S/C22H20N4O3/c1-2-12-26-17-11-7-6-10-15(17)19(22(26)29)24-25-21(28)18-16(13-23-20(18)27)14-8-4-3-5-9-14/h2-11,16,18,29H,1,12-13H2,(H,23,27)/t16-,18+/m0/s1. The number of nitrogens with one attached hydrogen (secondary N) is 1. The predicted octanol–water partition coefficient (Wildman–Crippen LogP) is 3.67. The van der Waals surface area contributed by atoms with E-state index in [1.165, 1.54) is 0 Å². The number of aromatic hydroxyl groups is 1. The lowest BCUT2D eigenvalue weighted by Gasteiger charge is -2.13. The molecule has 0 unspecified atom stereocenters. The smallest absolute Gasteiger partial charge is 0.277 e. The zero-order valence-corrected chi connectivity index (χ0v) is 15.7. The number of azo groups is 1. The first kappa shape index (κ1) is 18.6. The summed E-state index contributed by atoms with van der Waals surface area (Å²) in [5.74, 6) is -2.33. The summed E-state index contributed by atoms with van der Waals surface area (Å²) < 4.78 is 1.64. The number of allylic oxidation sites excluding steroid dienone is 1. The van der Waals surface area contributed by atoms with Crippen molar-refractivity contribution < 1.29 is 14.7 Å². The minimum atomic E-state index is -0.940. The SMILES string of the molecule is C=CCn1c(O)c(N=NC(=O)[C@H]2C(=O)NC[C@H]2c2ccccc2)c2ccccc21. The van der Waals surface area contributed by atoms with Gasteiger partial charge in [-0.3, -0.25) is 9.59 Å². The van der Waals surface area contributed by atoms with Crippen molar-refractivity contribution in [3.8, 4) is 5.88 Å². The lowest BCUT2D eigenvalue weighted by molar-refractivity contribution is -0.131. The van der Waals surface area contributed by atoms with Crippen LogP contribution < -0.4 is 5.32 Å². The Morgan fingerprint density at radius 1 is 1.21 bits per heavy atom. The highest BCUT2D eigenvalue weighted by Gasteiger charge is 2.41. The van der Waals surface area contributed by atoms with Gasteiger partial charge in [0.05, 0.1) is 5.52 Å². The van der Waals surface area contributed by atoms with Crippen LogP contribution in [0.4, 0.5) is 5.69 Å². The Balaban J connectivity index is 1.67. The lowest BCUT2D eigenvalue weighted by atomic mass is 9.88. The van der Waals surface area contributed by atoms with Crippen LogP contribution in [0.25, 0.3) is 10.9 Å². The number of carbonyl (C=O) groups is 2. The molecule has 4 rings (SSSR count). The summed E-state index contributed by atoms with van der Waals surface area (Å²) in [6.07, 6.45) is 1.66. The number of aromatic nitrogens is 1. The molecule has 1 fully saturated rings. The quantitative estimate of drug-likeness (QED) is 0.396. The fraction of sp³-hybridized carbons (Fsp3) is 0.182. The number of hydrogen-bond acceptors (Lipinski definition) is 4. The molecule has 2 atom stereocenters. The molecular weight excluding hydrogens is 368 g/mol. The van der Waals surface area contributed by atoms with Gasteiger partial charge in [-0.1, -0.05) is 54.6 Å². The second-order valence-electron chi connectivity index (χ2n) is 6.87. The number of fused-ring (bicyclic) bond motifs is 1. The third-order valence-corrected chi connectivity index (χ3v) is 5.15. The van der Waals surface area contributed by atoms with Gasteiger partial charge in [0.15, 0.2) is 5.69 Å². The molecule has 2 N–H and O–H groups in total. The van der Waals surface area contributed by atoms with Gasteiger partial charge in [-0.2, -0.15) is 0 Å². The lowest BCUT2D eigenvalue weighted by Crippen LogP contribution is -2.25. The van der Waals surface area contributed by atoms with Crippen LogP contribution in [0.3, 0.4) is 0 Å². The minimum Gasteiger partial charge on any atom is -0.493 e. The van der Waals surface area contributed by atoms with Crippen LogP contribution >= 0.6 is 0 Å². The van der Waals surface area contributed by atoms with Crippen molar-refractivity contribution in [3.05, 3.63) is 72.8 Å². The second kappa shape index (κ2) is 7.71. The Bertz CT molecular complexity index is 1120. The van der Waals surface area contributed by atoms with Crippen molar-refractivity contribution in [1.82, 2.24) is 9.88 Å². The first-order valence-electron chi connectivity index (χ1n) is 9.31. The molecule has 0 spiro atoms. The van der Waals surface area contributed by atoms with Gasteiger partial charge in [-0.25, -0.2) is 0 Å². The molecule has 2 aromatic carbocycles. The number of amides is 2. The van der Waals surface area contributed by atoms with E-state index in [-0.39, 0.29) is 23.4 Å². The van der Waals surface area contributed by atoms with Crippen molar-refractivity contribution >= 4 is 28.4 Å². The van der Waals surface area contributed by atoms with Crippen LogP contribution in [0, 0.1) is 5.92 Å². The summed E-state index contributed by atoms with van der Waals surface area (Å²) in [5.41, 5.74) is 1.85. The first-order valence-corrected chi connectivity index (χ1v) is 9.31. The summed E-state index contributed by atoms with van der Waals surface area (Å²) >= 11 is 0. The average Bonchev–Trinajstić information content (AvgIpc) is 3.25. The summed E-state index contributed by atoms with van der Waals surface area (Å²) in [7, 11) is 0. The molecule has 0 bridgehead atoms. The van der Waals surface area contributed by atoms with E-state index in [1.807, 2.05) is 48.5 Å². The number of hydrogen-bond donors (Lipinski definition) is 2. The molecule has 2 amide bonds. The monoisotopic (exact) mass is 388 g/mol. The van der Waals surface area contributed by atoms with Crippen LogP contribution in [0.15, 0.2) is 77.5 Å². The van der Waals surface area contributed by atoms with E-state index in [0.29, 0.717) is 18.5 Å². The van der Waals surface area contributed by atoms with Gasteiger partial charge in [0.25, 0.3) is 5.91 Å². The van der Waals surface area contributed by atoms with Gasteiger partial charge in [-0.15, -0.1) is 16.8 Å². The van der Waals surface area contributed by atoms with Gasteiger partial charge < -0.3 is 15.0 Å². The van der Waals surface area contributed by atoms with Crippen LogP contribution in [0.2, 0.25) is 0 Å². The highest BCUT2D eigenvalue weighted by molar-refractivity contribution is 6.03. The molecule has 1 aliphatic rings. The number of nitrogens with zero attached hydrogens (tertiary/aromatic N) is 3. The highest BCUT2D eigenvalue weighted by Crippen LogP contribution is 2.39. The molecule has 7 heteroatoms. The molecular formula is C22H20N4O3. The fourth-order valence-electron chi connectivity index (χ4n) is 3.76. The van der Waals surface area contributed by atoms with E-state index in [0.717, 1.165) is 11.1 Å². The molecule has 29 heavy (non-hydrogen) atoms. The predicted molar refractivity (Wildman–Crippen MR) is 109 cm³/mol. The zero-order valence-electron chi connectivity index (χ0n) is 15.7. The van der Waals surface area contributed by atoms with Crippen LogP contribution in [-0.2, 0) is 16.1 Å². The van der Waals surface area contributed by atoms with E-state index in [2.05, 4.69) is 22.1 Å². The van der Waals surface area contributed by atoms with E-state index >= 15 is 0 Å². The molecule has 146 valence electrons. The molecule has 1 aliphatic heterocycles. The van der Waals surface area contributed by atoms with Crippen LogP contribution in [0.5, 0.6) is 5.88 Å². The number of para-hydroxylation sites is 1. The fourth-order valence-corrected chi connectivity index (χ4v) is 3.76. The average molecular weight is 388 g/mol. The third kappa shape index (κ3) is 3.31. The Morgan fingerprint density at radius 2 is 1.93 bits per heavy atom. The Kier molecular flexibility index (Phi) is 4.95. The topological polar surface area (TPSA) is 96.0 Å². The molecule has 7 nitrogen and oxygen atoms in total. The zero-order chi connectivity index (χ0) is 20.4. The molecule has 0 aliphatic carbocycles. The minimum absolute atomic E-state index is 0.0990. The van der Waals surface area contributed by atoms with Crippen molar-refractivity contribution in [1.29, 1.82) is 0 Å². The summed E-state index contributed by atoms with van der Waals surface area (Å²) in [5, 5.41) is 21.8. The van der Waals surface area contributed by atoms with Crippen LogP contribution in [-0.4, -0.2) is 28.0 Å². The molecule has 3 aromatic rings. The van der Waals surface area contributed by atoms with Gasteiger partial charge in [0, 0.05) is 24.4 Å². The second-order valence-corrected chi connectivity index (χ2v) is 6.87. The molecule has 0 saturated carbocycles. The van der Waals surface area contributed by atoms with Crippen molar-refractivity contribution in [2.75, 3.05) is 6.54 Å². The Morgan fingerprint density at radius 3 is 2.69 bits per heavy atom. The summed E-state index contributed by atoms with van der Waals surface area (Å²) in [4.78, 5) is 25.0. The maximum atomic E-state index is 12.8. The highest BCUT2D eigenvalue weighted by atomic mass is 16.3. The normalized spacial score (nSPS) is 19.0. The largest absolute Gasteiger partial charge is 0.493 e. The molecule has 2 heterocycles. The molecule has 1 saturated heterocycles. The number of benzene rings is 2. The summed E-state index contributed by atoms with van der Waals surface area (Å²) in [6.45, 7) is 4.46. The third-order valence-electron chi connectivity index (χ3n) is 5.15. The Hall–Kier alpha value is -3.74. The van der Waals surface area contributed by atoms with E-state index in [1.54, 1.807) is 16.7 Å². The van der Waals surface area contributed by atoms with Gasteiger partial charge in [-0.05, 0) is 11.6 Å². The first-order chi connectivity index (χ1) is 14.1. The van der Waals surface area contributed by atoms with Gasteiger partial charge >= 0.3 is 0 Å². The maximum Gasteiger partial charge on any atom is 0.277 e. The maximum absolute atomic E-state index is 12.8. The van der Waals surface area contributed by atoms with E-state index in [4.69, 9.17) is 0 Å². The van der Waals surface area contributed by atoms with E-state index < -0.39 is 11.8 Å². The number of rotatable bonds is 5. The summed E-state index contributed by atoms with van der Waals surface area (Å²) in [6, 6.07) is 16.7. The molecule has 1 aromatic heterocycles. The van der Waals surface area contributed by atoms with Crippen LogP contribution in [0.1, 0.15) is 11.5 Å². The number of carbonyl (C=O) groups excluding carboxylic acids is 2. The van der Waals surface area contributed by atoms with Crippen molar-refractivity contribution in [2.45, 2.75) is 12.5 Å². The van der Waals surface area contributed by atoms with Crippen molar-refractivity contribution in [2.24, 2.45) is 16.1 Å². The molecule has 0 radical (unpaired) electrons. The van der Waals surface area contributed by atoms with Gasteiger partial charge in [0.1, 0.15) is 5.92 Å². The Labute approximate surface area is 167 Å². The van der Waals surface area contributed by atoms with Crippen molar-refractivity contribution in [3.63, 3.8) is 0 Å². The van der Waals surface area contributed by atoms with Gasteiger partial charge in [0.2, 0.25) is 11.8 Å².